The number of hydrogen-bond acceptors (Lipinski definition) is 2. The number of hydrogen-bond donors (Lipinski definition) is 0. The Labute approximate surface area is 305 Å². The highest BCUT2D eigenvalue weighted by Crippen LogP contribution is 2.46. The van der Waals surface area contributed by atoms with Gasteiger partial charge in [0.2, 0.25) is 0 Å². The van der Waals surface area contributed by atoms with Gasteiger partial charge in [-0.05, 0) is 81.9 Å². The maximum absolute atomic E-state index is 6.19. The van der Waals surface area contributed by atoms with Crippen LogP contribution in [0, 0.1) is 17.8 Å². The van der Waals surface area contributed by atoms with Crippen LogP contribution in [0.3, 0.4) is 0 Å². The van der Waals surface area contributed by atoms with Gasteiger partial charge in [-0.2, -0.15) is 0 Å². The van der Waals surface area contributed by atoms with Crippen LogP contribution >= 0.6 is 0 Å². The molecule has 6 aromatic rings. The van der Waals surface area contributed by atoms with Gasteiger partial charge in [-0.15, -0.1) is 0 Å². The Balaban J connectivity index is 0.980. The summed E-state index contributed by atoms with van der Waals surface area (Å²) in [6.45, 7) is 0. The smallest absolute Gasteiger partial charge is 0.135 e. The van der Waals surface area contributed by atoms with E-state index in [0.29, 0.717) is 11.8 Å². The molecule has 10 rings (SSSR count). The van der Waals surface area contributed by atoms with Crippen LogP contribution in [0.15, 0.2) is 199 Å². The van der Waals surface area contributed by atoms with Crippen LogP contribution in [0.2, 0.25) is 0 Å². The van der Waals surface area contributed by atoms with Crippen molar-refractivity contribution in [3.8, 4) is 11.1 Å². The van der Waals surface area contributed by atoms with Crippen LogP contribution in [0.25, 0.3) is 39.3 Å². The second-order valence-corrected chi connectivity index (χ2v) is 14.1. The maximum Gasteiger partial charge on any atom is 0.135 e. The van der Waals surface area contributed by atoms with Gasteiger partial charge in [-0.1, -0.05) is 152 Å². The first-order chi connectivity index (χ1) is 25.7. The number of allylic oxidation sites excluding steroid dienone is 13. The van der Waals surface area contributed by atoms with Gasteiger partial charge in [0.1, 0.15) is 11.3 Å². The van der Waals surface area contributed by atoms with Gasteiger partial charge in [0, 0.05) is 51.7 Å². The molecule has 5 aromatic carbocycles. The molecular weight excluding hydrogens is 631 g/mol. The molecule has 4 aliphatic rings. The molecular formula is C50H37NO. The van der Waals surface area contributed by atoms with Crippen molar-refractivity contribution in [2.75, 3.05) is 4.90 Å². The molecule has 248 valence electrons. The van der Waals surface area contributed by atoms with Gasteiger partial charge < -0.3 is 9.32 Å². The second kappa shape index (κ2) is 12.7. The molecule has 0 N–H and O–H groups in total. The Morgan fingerprint density at radius 3 is 1.85 bits per heavy atom. The van der Waals surface area contributed by atoms with Gasteiger partial charge in [0.05, 0.1) is 0 Å². The molecule has 0 aliphatic heterocycles. The van der Waals surface area contributed by atoms with E-state index in [0.717, 1.165) is 28.4 Å². The predicted octanol–water partition coefficient (Wildman–Crippen LogP) is 13.3. The third-order valence-corrected chi connectivity index (χ3v) is 11.0. The Kier molecular flexibility index (Phi) is 7.46. The van der Waals surface area contributed by atoms with Crippen LogP contribution in [0.4, 0.5) is 17.1 Å². The fourth-order valence-electron chi connectivity index (χ4n) is 8.29. The van der Waals surface area contributed by atoms with E-state index in [9.17, 15) is 0 Å². The van der Waals surface area contributed by atoms with E-state index in [1.165, 1.54) is 44.3 Å². The largest absolute Gasteiger partial charge is 0.456 e. The van der Waals surface area contributed by atoms with Crippen LogP contribution in [0.1, 0.15) is 28.4 Å². The summed E-state index contributed by atoms with van der Waals surface area (Å²) in [5.74, 6) is 2.41. The zero-order valence-corrected chi connectivity index (χ0v) is 28.7. The third kappa shape index (κ3) is 5.45. The molecule has 4 unspecified atom stereocenters. The van der Waals surface area contributed by atoms with E-state index >= 15 is 0 Å². The summed E-state index contributed by atoms with van der Waals surface area (Å²) in [5.41, 5.74) is 13.0. The van der Waals surface area contributed by atoms with E-state index in [1.54, 1.807) is 0 Å². The normalized spacial score (nSPS) is 20.9. The first kappa shape index (κ1) is 30.4. The van der Waals surface area contributed by atoms with E-state index in [2.05, 4.69) is 199 Å². The van der Waals surface area contributed by atoms with Crippen molar-refractivity contribution in [2.45, 2.75) is 5.92 Å². The minimum Gasteiger partial charge on any atom is -0.456 e. The highest BCUT2D eigenvalue weighted by molar-refractivity contribution is 5.89. The van der Waals surface area contributed by atoms with E-state index < -0.39 is 0 Å². The van der Waals surface area contributed by atoms with E-state index in [-0.39, 0.29) is 11.8 Å². The van der Waals surface area contributed by atoms with Crippen LogP contribution in [-0.4, -0.2) is 0 Å². The van der Waals surface area contributed by atoms with Crippen molar-refractivity contribution < 1.29 is 4.42 Å². The molecule has 1 aromatic heterocycles. The molecule has 1 heterocycles. The van der Waals surface area contributed by atoms with Crippen LogP contribution < -0.4 is 4.90 Å². The lowest BCUT2D eigenvalue weighted by Crippen LogP contribution is -2.13. The summed E-state index contributed by atoms with van der Waals surface area (Å²) in [6, 6.07) is 45.9. The highest BCUT2D eigenvalue weighted by atomic mass is 16.3. The molecule has 0 spiro atoms. The van der Waals surface area contributed by atoms with Crippen molar-refractivity contribution in [1.29, 1.82) is 0 Å². The molecule has 0 saturated carbocycles. The average Bonchev–Trinajstić information content (AvgIpc) is 3.61. The number of fused-ring (bicyclic) bond motifs is 6. The molecule has 52 heavy (non-hydrogen) atoms. The molecule has 4 aliphatic carbocycles. The van der Waals surface area contributed by atoms with Crippen LogP contribution in [0.5, 0.6) is 0 Å². The lowest BCUT2D eigenvalue weighted by atomic mass is 9.76. The summed E-state index contributed by atoms with van der Waals surface area (Å²) in [7, 11) is 0. The first-order valence-corrected chi connectivity index (χ1v) is 18.3. The Bertz CT molecular complexity index is 2520. The fourth-order valence-corrected chi connectivity index (χ4v) is 8.29. The predicted molar refractivity (Wildman–Crippen MR) is 218 cm³/mol. The minimum absolute atomic E-state index is 0.277. The lowest BCUT2D eigenvalue weighted by Gasteiger charge is -2.28. The topological polar surface area (TPSA) is 16.4 Å². The Morgan fingerprint density at radius 1 is 0.442 bits per heavy atom. The fraction of sp³-hybridized carbons (Fsp3) is 0.0800. The number of benzene rings is 5. The molecule has 2 nitrogen and oxygen atoms in total. The molecule has 0 amide bonds. The van der Waals surface area contributed by atoms with Gasteiger partial charge in [-0.3, -0.25) is 0 Å². The van der Waals surface area contributed by atoms with Crippen molar-refractivity contribution >= 4 is 45.3 Å². The minimum atomic E-state index is 0.277. The van der Waals surface area contributed by atoms with E-state index in [1.807, 2.05) is 6.07 Å². The molecule has 4 atom stereocenters. The summed E-state index contributed by atoms with van der Waals surface area (Å²) in [4.78, 5) is 2.37. The second-order valence-electron chi connectivity index (χ2n) is 14.1. The van der Waals surface area contributed by atoms with Crippen molar-refractivity contribution in [2.24, 2.45) is 17.8 Å². The van der Waals surface area contributed by atoms with E-state index in [4.69, 9.17) is 4.42 Å². The van der Waals surface area contributed by atoms with Gasteiger partial charge in [-0.25, -0.2) is 0 Å². The molecule has 0 fully saturated rings. The first-order valence-electron chi connectivity index (χ1n) is 18.3. The summed E-state index contributed by atoms with van der Waals surface area (Å²) in [6.07, 6.45) is 27.4. The molecule has 0 bridgehead atoms. The Morgan fingerprint density at radius 2 is 1.08 bits per heavy atom. The van der Waals surface area contributed by atoms with Gasteiger partial charge in [0.15, 0.2) is 0 Å². The quantitative estimate of drug-likeness (QED) is 0.176. The molecule has 2 heteroatoms. The standard InChI is InChI=1S/C50H37NO/c1-2-9-34(10-3-1)39-13-8-14-45(33-39)51(43-25-19-36(20-26-43)40-18-17-35-11-4-5-12-38(35)31-40)44-27-21-37(22-28-44)41-23-29-46-42(32-41)24-30-49-50(46)47-15-6-7-16-48(47)52-49/h1-33,35,38,42,46H. The van der Waals surface area contributed by atoms with Crippen molar-refractivity contribution in [1.82, 2.24) is 0 Å². The summed E-state index contributed by atoms with van der Waals surface area (Å²) >= 11 is 0. The van der Waals surface area contributed by atoms with Crippen LogP contribution in [-0.2, 0) is 0 Å². The number of para-hydroxylation sites is 1. The lowest BCUT2D eigenvalue weighted by molar-refractivity contribution is 0.578. The third-order valence-electron chi connectivity index (χ3n) is 11.0. The summed E-state index contributed by atoms with van der Waals surface area (Å²) in [5, 5.41) is 1.21. The van der Waals surface area contributed by atoms with Crippen molar-refractivity contribution in [3.63, 3.8) is 0 Å². The van der Waals surface area contributed by atoms with Gasteiger partial charge in [0.25, 0.3) is 0 Å². The number of rotatable bonds is 6. The zero-order chi connectivity index (χ0) is 34.4. The number of anilines is 3. The highest BCUT2D eigenvalue weighted by Gasteiger charge is 2.30. The van der Waals surface area contributed by atoms with Gasteiger partial charge >= 0.3 is 0 Å². The molecule has 0 radical (unpaired) electrons. The maximum atomic E-state index is 6.19. The number of furan rings is 1. The average molecular weight is 668 g/mol. The Hall–Kier alpha value is -6.38. The molecule has 0 saturated heterocycles. The zero-order valence-electron chi connectivity index (χ0n) is 28.7. The monoisotopic (exact) mass is 667 g/mol. The number of nitrogens with zero attached hydrogens (tertiary/aromatic N) is 1. The summed E-state index contributed by atoms with van der Waals surface area (Å²) < 4.78 is 6.19. The van der Waals surface area contributed by atoms with Crippen molar-refractivity contribution in [3.05, 3.63) is 217 Å². The SMILES string of the molecule is C1=CC2C=CC(c3ccc(N(c4ccc(C5=CC6C=Cc7oc8ccccc8c7C6C=C5)cc4)c4cccc(-c5ccccc5)c4)cc3)=CC2C=C1.